The molecule has 1 aliphatic rings. The summed E-state index contributed by atoms with van der Waals surface area (Å²) in [5, 5.41) is 0. The van der Waals surface area contributed by atoms with E-state index in [2.05, 4.69) is 4.98 Å². The van der Waals surface area contributed by atoms with Gasteiger partial charge in [0.1, 0.15) is 17.3 Å². The standard InChI is InChI=1S/C20H21FN4O3/c1-12-5-4-8-25(12)19(26)16-10-24-11-17(23(2)20(27)18(24)22-16)14-7-6-13(28-3)9-15(14)21/h6-7,9-12H,4-5,8H2,1-3H3. The molecule has 0 saturated carbocycles. The predicted molar refractivity (Wildman–Crippen MR) is 102 cm³/mol. The fourth-order valence-electron chi connectivity index (χ4n) is 3.69. The molecule has 1 unspecified atom stereocenters. The van der Waals surface area contributed by atoms with E-state index in [1.54, 1.807) is 30.3 Å². The number of amides is 1. The second-order valence-electron chi connectivity index (χ2n) is 7.07. The number of carbonyl (C=O) groups is 1. The summed E-state index contributed by atoms with van der Waals surface area (Å²) in [5.74, 6) is -0.300. The van der Waals surface area contributed by atoms with Crippen molar-refractivity contribution < 1.29 is 13.9 Å². The minimum absolute atomic E-state index is 0.135. The van der Waals surface area contributed by atoms with Crippen LogP contribution in [0.25, 0.3) is 16.9 Å². The number of halogens is 1. The van der Waals surface area contributed by atoms with E-state index in [9.17, 15) is 14.0 Å². The van der Waals surface area contributed by atoms with E-state index in [1.807, 2.05) is 6.92 Å². The van der Waals surface area contributed by atoms with Crippen LogP contribution in [0, 0.1) is 5.82 Å². The summed E-state index contributed by atoms with van der Waals surface area (Å²) < 4.78 is 22.4. The van der Waals surface area contributed by atoms with Crippen LogP contribution in [0.2, 0.25) is 0 Å². The summed E-state index contributed by atoms with van der Waals surface area (Å²) in [4.78, 5) is 31.6. The smallest absolute Gasteiger partial charge is 0.294 e. The third-order valence-electron chi connectivity index (χ3n) is 5.34. The van der Waals surface area contributed by atoms with Gasteiger partial charge in [0.2, 0.25) is 5.65 Å². The van der Waals surface area contributed by atoms with Gasteiger partial charge in [-0.05, 0) is 31.9 Å². The van der Waals surface area contributed by atoms with Crippen molar-refractivity contribution in [2.45, 2.75) is 25.8 Å². The van der Waals surface area contributed by atoms with Gasteiger partial charge in [-0.15, -0.1) is 0 Å². The number of hydrogen-bond acceptors (Lipinski definition) is 4. The molecule has 7 nitrogen and oxygen atoms in total. The number of benzene rings is 1. The topological polar surface area (TPSA) is 68.8 Å². The third-order valence-corrected chi connectivity index (χ3v) is 5.34. The van der Waals surface area contributed by atoms with Crippen molar-refractivity contribution >= 4 is 11.6 Å². The van der Waals surface area contributed by atoms with E-state index in [1.165, 1.54) is 28.3 Å². The second kappa shape index (κ2) is 6.78. The van der Waals surface area contributed by atoms with Gasteiger partial charge in [-0.25, -0.2) is 9.37 Å². The van der Waals surface area contributed by atoms with Crippen molar-refractivity contribution in [1.29, 1.82) is 0 Å². The van der Waals surface area contributed by atoms with Crippen LogP contribution in [0.4, 0.5) is 4.39 Å². The number of hydrogen-bond donors (Lipinski definition) is 0. The molecule has 0 spiro atoms. The van der Waals surface area contributed by atoms with Crippen molar-refractivity contribution in [2.24, 2.45) is 7.05 Å². The monoisotopic (exact) mass is 384 g/mol. The van der Waals surface area contributed by atoms with Gasteiger partial charge >= 0.3 is 0 Å². The molecule has 28 heavy (non-hydrogen) atoms. The molecule has 0 aliphatic carbocycles. The lowest BCUT2D eigenvalue weighted by molar-refractivity contribution is 0.0742. The molecule has 8 heteroatoms. The first-order valence-electron chi connectivity index (χ1n) is 9.14. The fraction of sp³-hybridized carbons (Fsp3) is 0.350. The van der Waals surface area contributed by atoms with E-state index in [0.29, 0.717) is 18.0 Å². The molecule has 3 heterocycles. The Hall–Kier alpha value is -3.16. The van der Waals surface area contributed by atoms with Crippen LogP contribution < -0.4 is 10.3 Å². The van der Waals surface area contributed by atoms with Gasteiger partial charge in [0.05, 0.1) is 12.8 Å². The van der Waals surface area contributed by atoms with Crippen LogP contribution in [0.1, 0.15) is 30.3 Å². The number of imidazole rings is 1. The Morgan fingerprint density at radius 1 is 1.32 bits per heavy atom. The zero-order valence-electron chi connectivity index (χ0n) is 16.0. The molecule has 1 saturated heterocycles. The highest BCUT2D eigenvalue weighted by molar-refractivity contribution is 5.93. The number of ether oxygens (including phenoxy) is 1. The van der Waals surface area contributed by atoms with Gasteiger partial charge in [0.25, 0.3) is 11.5 Å². The van der Waals surface area contributed by atoms with E-state index in [0.717, 1.165) is 12.8 Å². The maximum atomic E-state index is 14.5. The van der Waals surface area contributed by atoms with Gasteiger partial charge in [-0.2, -0.15) is 0 Å². The summed E-state index contributed by atoms with van der Waals surface area (Å²) in [6, 6.07) is 4.61. The average molecular weight is 384 g/mol. The van der Waals surface area contributed by atoms with Crippen LogP contribution in [0.15, 0.2) is 35.4 Å². The zero-order valence-corrected chi connectivity index (χ0v) is 16.0. The van der Waals surface area contributed by atoms with Crippen molar-refractivity contribution in [3.63, 3.8) is 0 Å². The Balaban J connectivity index is 1.82. The van der Waals surface area contributed by atoms with Gasteiger partial charge in [-0.1, -0.05) is 0 Å². The molecule has 3 aromatic rings. The van der Waals surface area contributed by atoms with Crippen molar-refractivity contribution in [2.75, 3.05) is 13.7 Å². The lowest BCUT2D eigenvalue weighted by Gasteiger charge is -2.19. The number of nitrogens with zero attached hydrogens (tertiary/aromatic N) is 4. The molecule has 0 N–H and O–H groups in total. The number of fused-ring (bicyclic) bond motifs is 1. The Morgan fingerprint density at radius 2 is 2.11 bits per heavy atom. The highest BCUT2D eigenvalue weighted by Crippen LogP contribution is 2.26. The molecule has 1 amide bonds. The SMILES string of the molecule is COc1ccc(-c2cn3cc(C(=O)N4CCCC4C)nc3c(=O)n2C)c(F)c1. The van der Waals surface area contributed by atoms with Crippen LogP contribution in [-0.4, -0.2) is 44.5 Å². The number of likely N-dealkylation sites (tertiary alicyclic amines) is 1. The maximum absolute atomic E-state index is 14.5. The van der Waals surface area contributed by atoms with Gasteiger partial charge in [0.15, 0.2) is 0 Å². The molecular weight excluding hydrogens is 363 g/mol. The van der Waals surface area contributed by atoms with E-state index in [-0.39, 0.29) is 28.9 Å². The highest BCUT2D eigenvalue weighted by Gasteiger charge is 2.28. The van der Waals surface area contributed by atoms with Crippen LogP contribution in [0.5, 0.6) is 5.75 Å². The number of methoxy groups -OCH3 is 1. The Morgan fingerprint density at radius 3 is 2.75 bits per heavy atom. The van der Waals surface area contributed by atoms with E-state index in [4.69, 9.17) is 4.74 Å². The minimum Gasteiger partial charge on any atom is -0.497 e. The zero-order chi connectivity index (χ0) is 20.0. The Labute approximate surface area is 161 Å². The summed E-state index contributed by atoms with van der Waals surface area (Å²) in [5.41, 5.74) is 0.593. The van der Waals surface area contributed by atoms with Gasteiger partial charge in [0, 0.05) is 43.7 Å². The first-order chi connectivity index (χ1) is 13.4. The first-order valence-corrected chi connectivity index (χ1v) is 9.14. The maximum Gasteiger partial charge on any atom is 0.294 e. The Kier molecular flexibility index (Phi) is 4.41. The van der Waals surface area contributed by atoms with Crippen molar-refractivity contribution in [1.82, 2.24) is 18.9 Å². The molecule has 0 radical (unpaired) electrons. The molecule has 2 aromatic heterocycles. The molecular formula is C20H21FN4O3. The number of rotatable bonds is 3. The summed E-state index contributed by atoms with van der Waals surface area (Å²) >= 11 is 0. The van der Waals surface area contributed by atoms with E-state index < -0.39 is 11.4 Å². The van der Waals surface area contributed by atoms with Crippen molar-refractivity contribution in [3.05, 3.63) is 52.5 Å². The van der Waals surface area contributed by atoms with Crippen LogP contribution in [0.3, 0.4) is 0 Å². The molecule has 1 fully saturated rings. The summed E-state index contributed by atoms with van der Waals surface area (Å²) in [7, 11) is 3.02. The second-order valence-corrected chi connectivity index (χ2v) is 7.07. The normalized spacial score (nSPS) is 16.7. The highest BCUT2D eigenvalue weighted by atomic mass is 19.1. The Bertz CT molecular complexity index is 1130. The number of carbonyl (C=O) groups excluding carboxylic acids is 1. The molecule has 0 bridgehead atoms. The fourth-order valence-corrected chi connectivity index (χ4v) is 3.69. The third kappa shape index (κ3) is 2.85. The van der Waals surface area contributed by atoms with Crippen LogP contribution >= 0.6 is 0 Å². The molecule has 1 aliphatic heterocycles. The van der Waals surface area contributed by atoms with Crippen molar-refractivity contribution in [3.8, 4) is 17.0 Å². The first kappa shape index (κ1) is 18.2. The quantitative estimate of drug-likeness (QED) is 0.696. The molecule has 146 valence electrons. The van der Waals surface area contributed by atoms with Crippen LogP contribution in [-0.2, 0) is 7.05 Å². The average Bonchev–Trinajstić information content (AvgIpc) is 3.30. The number of aromatic nitrogens is 3. The van der Waals surface area contributed by atoms with E-state index >= 15 is 0 Å². The predicted octanol–water partition coefficient (Wildman–Crippen LogP) is 2.47. The molecule has 1 atom stereocenters. The minimum atomic E-state index is -0.504. The van der Waals surface area contributed by atoms with Gasteiger partial charge in [-0.3, -0.25) is 14.0 Å². The molecule has 4 rings (SSSR count). The molecule has 1 aromatic carbocycles. The largest absolute Gasteiger partial charge is 0.497 e. The lowest BCUT2D eigenvalue weighted by atomic mass is 10.1. The summed E-state index contributed by atoms with van der Waals surface area (Å²) in [6.07, 6.45) is 5.07. The summed E-state index contributed by atoms with van der Waals surface area (Å²) in [6.45, 7) is 2.69. The van der Waals surface area contributed by atoms with Gasteiger partial charge < -0.3 is 14.2 Å². The lowest BCUT2D eigenvalue weighted by Crippen LogP contribution is -2.33.